The zero-order valence-corrected chi connectivity index (χ0v) is 9.09. The average Bonchev–Trinajstić information content (AvgIpc) is 2.15. The number of benzene rings is 1. The zero-order chi connectivity index (χ0) is 10.6. The van der Waals surface area contributed by atoms with Gasteiger partial charge in [0.25, 0.3) is 0 Å². The Kier molecular flexibility index (Phi) is 4.21. The van der Waals surface area contributed by atoms with E-state index in [0.29, 0.717) is 23.8 Å². The van der Waals surface area contributed by atoms with Gasteiger partial charge in [0.2, 0.25) is 5.63 Å². The molecule has 78 valence electrons. The maximum absolute atomic E-state index is 12.9. The van der Waals surface area contributed by atoms with Gasteiger partial charge in [0.1, 0.15) is 5.75 Å². The fourth-order valence-corrected chi connectivity index (χ4v) is 1.23. The molecule has 0 heterocycles. The van der Waals surface area contributed by atoms with Crippen molar-refractivity contribution in [2.75, 3.05) is 6.61 Å². The fourth-order valence-electron chi connectivity index (χ4n) is 1.05. The first-order valence-corrected chi connectivity index (χ1v) is 5.04. The van der Waals surface area contributed by atoms with Crippen molar-refractivity contribution in [1.82, 2.24) is 0 Å². The lowest BCUT2D eigenvalue weighted by Gasteiger charge is -2.12. The molecule has 1 aromatic rings. The predicted molar refractivity (Wildman–Crippen MR) is 56.5 cm³/mol. The summed E-state index contributed by atoms with van der Waals surface area (Å²) in [6.07, 6.45) is 0. The van der Waals surface area contributed by atoms with Crippen LogP contribution in [0.1, 0.15) is 25.0 Å². The highest BCUT2D eigenvalue weighted by Gasteiger charge is 2.11. The van der Waals surface area contributed by atoms with E-state index in [2.05, 4.69) is 0 Å². The van der Waals surface area contributed by atoms with Crippen molar-refractivity contribution in [3.8, 4) is 5.75 Å². The molecule has 3 heteroatoms. The second kappa shape index (κ2) is 5.20. The molecule has 0 fully saturated rings. The van der Waals surface area contributed by atoms with Gasteiger partial charge in [-0.3, -0.25) is 0 Å². The normalized spacial score (nSPS) is 12.9. The third-order valence-corrected chi connectivity index (χ3v) is 1.96. The molecular formula is C11H14ClFO. The highest BCUT2D eigenvalue weighted by Crippen LogP contribution is 2.30. The van der Waals surface area contributed by atoms with E-state index in [-0.39, 0.29) is 0 Å². The van der Waals surface area contributed by atoms with Crippen LogP contribution in [0.5, 0.6) is 5.75 Å². The van der Waals surface area contributed by atoms with Crippen LogP contribution in [0.4, 0.5) is 4.39 Å². The second-order valence-corrected chi connectivity index (χ2v) is 3.93. The van der Waals surface area contributed by atoms with Crippen molar-refractivity contribution < 1.29 is 9.13 Å². The van der Waals surface area contributed by atoms with E-state index in [4.69, 9.17) is 16.3 Å². The monoisotopic (exact) mass is 216 g/mol. The van der Waals surface area contributed by atoms with E-state index < -0.39 is 5.63 Å². The Morgan fingerprint density at radius 2 is 2.00 bits per heavy atom. The molecule has 0 amide bonds. The summed E-state index contributed by atoms with van der Waals surface area (Å²) in [7, 11) is 0. The van der Waals surface area contributed by atoms with Crippen LogP contribution in [-0.4, -0.2) is 6.61 Å². The fraction of sp³-hybridized carbons (Fsp3) is 0.455. The summed E-state index contributed by atoms with van der Waals surface area (Å²) in [5, 5.41) is 0. The predicted octanol–water partition coefficient (Wildman–Crippen LogP) is 3.93. The van der Waals surface area contributed by atoms with Crippen LogP contribution in [-0.2, 0) is 0 Å². The lowest BCUT2D eigenvalue weighted by atomic mass is 10.2. The van der Waals surface area contributed by atoms with Gasteiger partial charge in [-0.15, -0.1) is 0 Å². The molecule has 0 radical (unpaired) electrons. The standard InChI is InChI=1S/C11H14ClFO/c1-8(2)7-14-10-6-4-3-5-9(10)11(12)13/h3-6,8,11H,7H2,1-2H3. The third-order valence-electron chi connectivity index (χ3n) is 1.73. The maximum Gasteiger partial charge on any atom is 0.202 e. The van der Waals surface area contributed by atoms with Crippen LogP contribution in [0.15, 0.2) is 24.3 Å². The lowest BCUT2D eigenvalue weighted by molar-refractivity contribution is 0.264. The molecule has 0 N–H and O–H groups in total. The summed E-state index contributed by atoms with van der Waals surface area (Å²) in [5.74, 6) is 0.945. The molecule has 0 bridgehead atoms. The van der Waals surface area contributed by atoms with E-state index in [1.807, 2.05) is 13.8 Å². The third kappa shape index (κ3) is 3.18. The maximum atomic E-state index is 12.9. The summed E-state index contributed by atoms with van der Waals surface area (Å²) in [4.78, 5) is 0. The van der Waals surface area contributed by atoms with Crippen molar-refractivity contribution in [1.29, 1.82) is 0 Å². The Labute approximate surface area is 88.8 Å². The van der Waals surface area contributed by atoms with Gasteiger partial charge >= 0.3 is 0 Å². The molecule has 1 aromatic carbocycles. The molecule has 0 aliphatic heterocycles. The summed E-state index contributed by atoms with van der Waals surface area (Å²) in [5.41, 5.74) is -1.10. The van der Waals surface area contributed by atoms with Gasteiger partial charge in [-0.05, 0) is 12.0 Å². The molecule has 0 aliphatic carbocycles. The van der Waals surface area contributed by atoms with E-state index in [1.54, 1.807) is 24.3 Å². The van der Waals surface area contributed by atoms with Crippen LogP contribution in [0.25, 0.3) is 0 Å². The number of halogens is 2. The molecule has 1 unspecified atom stereocenters. The number of ether oxygens (including phenoxy) is 1. The van der Waals surface area contributed by atoms with Crippen molar-refractivity contribution in [3.63, 3.8) is 0 Å². The van der Waals surface area contributed by atoms with Gasteiger partial charge in [0.15, 0.2) is 0 Å². The molecule has 1 rings (SSSR count). The summed E-state index contributed by atoms with van der Waals surface area (Å²) < 4.78 is 18.3. The first-order chi connectivity index (χ1) is 6.61. The van der Waals surface area contributed by atoms with E-state index >= 15 is 0 Å². The highest BCUT2D eigenvalue weighted by atomic mass is 35.5. The summed E-state index contributed by atoms with van der Waals surface area (Å²) in [6.45, 7) is 4.65. The summed E-state index contributed by atoms with van der Waals surface area (Å²) in [6, 6.07) is 6.91. The van der Waals surface area contributed by atoms with Crippen LogP contribution < -0.4 is 4.74 Å². The minimum Gasteiger partial charge on any atom is -0.493 e. The van der Waals surface area contributed by atoms with Crippen molar-refractivity contribution in [3.05, 3.63) is 29.8 Å². The van der Waals surface area contributed by atoms with Crippen molar-refractivity contribution >= 4 is 11.6 Å². The Morgan fingerprint density at radius 3 is 2.57 bits per heavy atom. The molecule has 14 heavy (non-hydrogen) atoms. The van der Waals surface area contributed by atoms with Gasteiger partial charge in [0, 0.05) is 5.56 Å². The molecular weight excluding hydrogens is 203 g/mol. The Balaban J connectivity index is 2.74. The van der Waals surface area contributed by atoms with E-state index in [0.717, 1.165) is 0 Å². The van der Waals surface area contributed by atoms with Crippen LogP contribution in [0, 0.1) is 5.92 Å². The molecule has 0 aliphatic rings. The average molecular weight is 217 g/mol. The molecule has 0 spiro atoms. The van der Waals surface area contributed by atoms with Gasteiger partial charge in [-0.2, -0.15) is 0 Å². The topological polar surface area (TPSA) is 9.23 Å². The second-order valence-electron chi connectivity index (χ2n) is 3.54. The van der Waals surface area contributed by atoms with E-state index in [9.17, 15) is 4.39 Å². The smallest absolute Gasteiger partial charge is 0.202 e. The zero-order valence-electron chi connectivity index (χ0n) is 8.34. The lowest BCUT2D eigenvalue weighted by Crippen LogP contribution is -2.06. The highest BCUT2D eigenvalue weighted by molar-refractivity contribution is 6.20. The Bertz CT molecular complexity index is 286. The molecule has 1 nitrogen and oxygen atoms in total. The minimum absolute atomic E-state index is 0.398. The first-order valence-electron chi connectivity index (χ1n) is 4.61. The van der Waals surface area contributed by atoms with Gasteiger partial charge < -0.3 is 4.74 Å². The largest absolute Gasteiger partial charge is 0.493 e. The minimum atomic E-state index is -1.50. The Morgan fingerprint density at radius 1 is 1.36 bits per heavy atom. The molecule has 1 atom stereocenters. The van der Waals surface area contributed by atoms with Crippen LogP contribution >= 0.6 is 11.6 Å². The van der Waals surface area contributed by atoms with Crippen LogP contribution in [0.2, 0.25) is 0 Å². The van der Waals surface area contributed by atoms with Gasteiger partial charge in [0.05, 0.1) is 6.61 Å². The number of rotatable bonds is 4. The first kappa shape index (κ1) is 11.3. The number of hydrogen-bond acceptors (Lipinski definition) is 1. The summed E-state index contributed by atoms with van der Waals surface area (Å²) >= 11 is 5.38. The van der Waals surface area contributed by atoms with Crippen molar-refractivity contribution in [2.24, 2.45) is 5.92 Å². The Hall–Kier alpha value is -0.760. The number of alkyl halides is 2. The number of hydrogen-bond donors (Lipinski definition) is 0. The van der Waals surface area contributed by atoms with Crippen LogP contribution in [0.3, 0.4) is 0 Å². The molecule has 0 saturated carbocycles. The van der Waals surface area contributed by atoms with Crippen molar-refractivity contribution in [2.45, 2.75) is 19.5 Å². The molecule has 0 aromatic heterocycles. The SMILES string of the molecule is CC(C)COc1ccccc1C(F)Cl. The number of para-hydroxylation sites is 1. The van der Waals surface area contributed by atoms with Gasteiger partial charge in [-0.1, -0.05) is 43.6 Å². The van der Waals surface area contributed by atoms with E-state index in [1.165, 1.54) is 0 Å². The quantitative estimate of drug-likeness (QED) is 0.693. The van der Waals surface area contributed by atoms with Gasteiger partial charge in [-0.25, -0.2) is 4.39 Å². The molecule has 0 saturated heterocycles.